The molecule has 0 aromatic heterocycles. The van der Waals surface area contributed by atoms with Crippen LogP contribution in [0.5, 0.6) is 5.75 Å². The van der Waals surface area contributed by atoms with Crippen molar-refractivity contribution >= 4 is 22.4 Å². The molecule has 0 radical (unpaired) electrons. The molecule has 3 N–H and O–H groups in total. The molecule has 2 aromatic rings. The number of unbranched alkanes of at least 4 members (excludes halogenated alkanes) is 1. The smallest absolute Gasteiger partial charge is 0.138 e. The maximum absolute atomic E-state index is 10.4. The largest absolute Gasteiger partial charge is 0.495 e. The second-order valence-corrected chi connectivity index (χ2v) is 5.69. The Morgan fingerprint density at radius 2 is 2.05 bits per heavy atom. The zero-order chi connectivity index (χ0) is 15.4. The van der Waals surface area contributed by atoms with Crippen molar-refractivity contribution in [2.45, 2.75) is 38.3 Å². The molecule has 2 aromatic carbocycles. The Balaban J connectivity index is 2.31. The lowest BCUT2D eigenvalue weighted by molar-refractivity contribution is 0.141. The predicted octanol–water partition coefficient (Wildman–Crippen LogP) is 4.05. The Kier molecular flexibility index (Phi) is 5.45. The first-order chi connectivity index (χ1) is 10.1. The first kappa shape index (κ1) is 16.1. The summed E-state index contributed by atoms with van der Waals surface area (Å²) in [6, 6.07) is 9.26. The van der Waals surface area contributed by atoms with Gasteiger partial charge in [-0.2, -0.15) is 0 Å². The summed E-state index contributed by atoms with van der Waals surface area (Å²) in [6.07, 6.45) is 2.27. The molecule has 0 saturated heterocycles. The topological polar surface area (TPSA) is 55.5 Å². The minimum absolute atomic E-state index is 0.240. The third-order valence-electron chi connectivity index (χ3n) is 3.80. The van der Waals surface area contributed by atoms with Crippen LogP contribution in [0.1, 0.15) is 37.9 Å². The average molecular weight is 308 g/mol. The molecule has 0 bridgehead atoms. The van der Waals surface area contributed by atoms with Crippen LogP contribution in [0.3, 0.4) is 0 Å². The van der Waals surface area contributed by atoms with Crippen LogP contribution in [0.15, 0.2) is 30.3 Å². The summed E-state index contributed by atoms with van der Waals surface area (Å²) in [5.41, 5.74) is 6.89. The summed E-state index contributed by atoms with van der Waals surface area (Å²) in [5.74, 6) is 0.650. The number of ether oxygens (including phenoxy) is 1. The third-order valence-corrected chi connectivity index (χ3v) is 4.19. The molecular formula is C17H22ClNO2. The summed E-state index contributed by atoms with van der Waals surface area (Å²) in [4.78, 5) is 0. The maximum atomic E-state index is 10.4. The molecule has 0 aliphatic carbocycles. The highest BCUT2D eigenvalue weighted by Crippen LogP contribution is 2.34. The lowest BCUT2D eigenvalue weighted by Crippen LogP contribution is -2.28. The Hall–Kier alpha value is -1.29. The summed E-state index contributed by atoms with van der Waals surface area (Å²) in [6.45, 7) is 2.12. The predicted molar refractivity (Wildman–Crippen MR) is 88.0 cm³/mol. The van der Waals surface area contributed by atoms with Crippen LogP contribution in [0.2, 0.25) is 5.02 Å². The van der Waals surface area contributed by atoms with Gasteiger partial charge in [0.1, 0.15) is 5.75 Å². The van der Waals surface area contributed by atoms with Crippen LogP contribution >= 0.6 is 11.6 Å². The van der Waals surface area contributed by atoms with Crippen molar-refractivity contribution < 1.29 is 9.84 Å². The van der Waals surface area contributed by atoms with Gasteiger partial charge < -0.3 is 15.6 Å². The Bertz CT molecular complexity index is 615. The number of halogens is 1. The molecule has 0 fully saturated rings. The Labute approximate surface area is 130 Å². The molecule has 0 heterocycles. The first-order valence-electron chi connectivity index (χ1n) is 7.28. The first-order valence-corrected chi connectivity index (χ1v) is 7.66. The van der Waals surface area contributed by atoms with E-state index < -0.39 is 6.10 Å². The number of hydrogen-bond acceptors (Lipinski definition) is 3. The Morgan fingerprint density at radius 3 is 2.71 bits per heavy atom. The number of fused-ring (bicyclic) bond motifs is 1. The van der Waals surface area contributed by atoms with Gasteiger partial charge in [-0.1, -0.05) is 49.6 Å². The molecule has 0 amide bonds. The minimum atomic E-state index is -0.651. The van der Waals surface area contributed by atoms with Gasteiger partial charge in [0, 0.05) is 11.4 Å². The van der Waals surface area contributed by atoms with Crippen LogP contribution in [-0.2, 0) is 0 Å². The number of aliphatic hydroxyl groups excluding tert-OH is 1. The molecule has 21 heavy (non-hydrogen) atoms. The van der Waals surface area contributed by atoms with Crippen molar-refractivity contribution in [2.75, 3.05) is 7.11 Å². The number of aliphatic hydroxyl groups is 1. The fourth-order valence-corrected chi connectivity index (χ4v) is 2.79. The van der Waals surface area contributed by atoms with E-state index in [9.17, 15) is 5.11 Å². The third kappa shape index (κ3) is 3.49. The fraction of sp³-hybridized carbons (Fsp3) is 0.412. The van der Waals surface area contributed by atoms with Crippen LogP contribution in [-0.4, -0.2) is 18.3 Å². The van der Waals surface area contributed by atoms with Gasteiger partial charge in [-0.3, -0.25) is 0 Å². The average Bonchev–Trinajstić information content (AvgIpc) is 2.51. The van der Waals surface area contributed by atoms with Gasteiger partial charge in [0.2, 0.25) is 0 Å². The number of hydrogen-bond donors (Lipinski definition) is 2. The van der Waals surface area contributed by atoms with Crippen molar-refractivity contribution in [3.8, 4) is 5.75 Å². The van der Waals surface area contributed by atoms with Gasteiger partial charge >= 0.3 is 0 Å². The molecule has 3 nitrogen and oxygen atoms in total. The molecular weight excluding hydrogens is 286 g/mol. The standard InChI is InChI=1S/C17H22ClNO2/c1-3-4-5-14(19)17(20)12-6-8-13-11(10-12)7-9-15(21-2)16(13)18/h6-10,14,17,20H,3-5,19H2,1-2H3. The van der Waals surface area contributed by atoms with Crippen LogP contribution in [0.4, 0.5) is 0 Å². The molecule has 2 rings (SSSR count). The van der Waals surface area contributed by atoms with Crippen molar-refractivity contribution in [3.63, 3.8) is 0 Å². The molecule has 0 aliphatic rings. The molecule has 114 valence electrons. The molecule has 0 aliphatic heterocycles. The van der Waals surface area contributed by atoms with E-state index in [-0.39, 0.29) is 6.04 Å². The van der Waals surface area contributed by atoms with Crippen molar-refractivity contribution in [1.29, 1.82) is 0 Å². The van der Waals surface area contributed by atoms with Gasteiger partial charge in [-0.15, -0.1) is 0 Å². The van der Waals surface area contributed by atoms with E-state index in [1.165, 1.54) is 0 Å². The summed E-state index contributed by atoms with van der Waals surface area (Å²) in [7, 11) is 1.60. The lowest BCUT2D eigenvalue weighted by Gasteiger charge is -2.19. The van der Waals surface area contributed by atoms with Gasteiger partial charge in [0.15, 0.2) is 0 Å². The number of rotatable bonds is 6. The highest BCUT2D eigenvalue weighted by Gasteiger charge is 2.17. The van der Waals surface area contributed by atoms with Crippen LogP contribution < -0.4 is 10.5 Å². The maximum Gasteiger partial charge on any atom is 0.138 e. The number of nitrogens with two attached hydrogens (primary N) is 1. The van der Waals surface area contributed by atoms with Gasteiger partial charge in [-0.25, -0.2) is 0 Å². The molecule has 0 spiro atoms. The summed E-state index contributed by atoms with van der Waals surface area (Å²) in [5, 5.41) is 12.8. The van der Waals surface area contributed by atoms with E-state index in [4.69, 9.17) is 22.1 Å². The number of benzene rings is 2. The van der Waals surface area contributed by atoms with E-state index in [2.05, 4.69) is 6.92 Å². The van der Waals surface area contributed by atoms with E-state index in [1.54, 1.807) is 7.11 Å². The van der Waals surface area contributed by atoms with Crippen LogP contribution in [0.25, 0.3) is 10.8 Å². The second kappa shape index (κ2) is 7.12. The van der Waals surface area contributed by atoms with E-state index in [1.807, 2.05) is 30.3 Å². The molecule has 2 unspecified atom stereocenters. The monoisotopic (exact) mass is 307 g/mol. The highest BCUT2D eigenvalue weighted by molar-refractivity contribution is 6.37. The van der Waals surface area contributed by atoms with E-state index in [0.717, 1.165) is 35.6 Å². The van der Waals surface area contributed by atoms with E-state index in [0.29, 0.717) is 10.8 Å². The van der Waals surface area contributed by atoms with Gasteiger partial charge in [-0.05, 0) is 29.5 Å². The molecule has 2 atom stereocenters. The van der Waals surface area contributed by atoms with Crippen molar-refractivity contribution in [1.82, 2.24) is 0 Å². The van der Waals surface area contributed by atoms with Gasteiger partial charge in [0.05, 0.1) is 18.2 Å². The summed E-state index contributed by atoms with van der Waals surface area (Å²) >= 11 is 6.29. The van der Waals surface area contributed by atoms with Crippen LogP contribution in [0, 0.1) is 0 Å². The van der Waals surface area contributed by atoms with Crippen molar-refractivity contribution in [3.05, 3.63) is 40.9 Å². The molecule has 4 heteroatoms. The normalized spacial score (nSPS) is 14.1. The van der Waals surface area contributed by atoms with Gasteiger partial charge in [0.25, 0.3) is 0 Å². The Morgan fingerprint density at radius 1 is 1.29 bits per heavy atom. The number of methoxy groups -OCH3 is 1. The lowest BCUT2D eigenvalue weighted by atomic mass is 9.96. The highest BCUT2D eigenvalue weighted by atomic mass is 35.5. The quantitative estimate of drug-likeness (QED) is 0.846. The summed E-state index contributed by atoms with van der Waals surface area (Å²) < 4.78 is 5.21. The minimum Gasteiger partial charge on any atom is -0.495 e. The van der Waals surface area contributed by atoms with E-state index >= 15 is 0 Å². The zero-order valence-corrected chi connectivity index (χ0v) is 13.2. The SMILES string of the molecule is CCCCC(N)C(O)c1ccc2c(Cl)c(OC)ccc2c1. The zero-order valence-electron chi connectivity index (χ0n) is 12.5. The fourth-order valence-electron chi connectivity index (χ4n) is 2.48. The second-order valence-electron chi connectivity index (χ2n) is 5.31. The van der Waals surface area contributed by atoms with Crippen molar-refractivity contribution in [2.24, 2.45) is 5.73 Å². The molecule has 0 saturated carbocycles.